The number of hydrogen-bond acceptors (Lipinski definition) is 2. The largest absolute Gasteiger partial charge is 0.379 e. The molecule has 1 aromatic rings. The third-order valence-electron chi connectivity index (χ3n) is 2.07. The zero-order valence-electron chi connectivity index (χ0n) is 6.98. The van der Waals surface area contributed by atoms with E-state index in [2.05, 4.69) is 10.6 Å². The van der Waals surface area contributed by atoms with Crippen LogP contribution >= 0.6 is 11.6 Å². The number of anilines is 1. The maximum atomic E-state index is 12.7. The normalized spacial score (nSPS) is 16.8. The van der Waals surface area contributed by atoms with Crippen molar-refractivity contribution in [2.24, 2.45) is 0 Å². The van der Waals surface area contributed by atoms with Gasteiger partial charge in [0.25, 0.3) is 0 Å². The molecule has 1 saturated heterocycles. The van der Waals surface area contributed by atoms with Crippen molar-refractivity contribution in [1.82, 2.24) is 5.32 Å². The quantitative estimate of drug-likeness (QED) is 0.762. The lowest BCUT2D eigenvalue weighted by atomic mass is 10.1. The van der Waals surface area contributed by atoms with Crippen LogP contribution in [0.15, 0.2) is 18.2 Å². The van der Waals surface area contributed by atoms with Gasteiger partial charge in [-0.3, -0.25) is 0 Å². The van der Waals surface area contributed by atoms with Gasteiger partial charge in [0.05, 0.1) is 16.8 Å². The number of hydrogen-bond donors (Lipinski definition) is 2. The molecule has 70 valence electrons. The topological polar surface area (TPSA) is 24.1 Å². The van der Waals surface area contributed by atoms with Crippen LogP contribution in [0.2, 0.25) is 5.02 Å². The van der Waals surface area contributed by atoms with Gasteiger partial charge in [-0.2, -0.15) is 0 Å². The van der Waals surface area contributed by atoms with E-state index in [0.29, 0.717) is 11.1 Å². The van der Waals surface area contributed by atoms with Crippen LogP contribution in [0, 0.1) is 5.82 Å². The molecule has 0 aromatic heterocycles. The molecule has 0 spiro atoms. The van der Waals surface area contributed by atoms with Crippen molar-refractivity contribution in [3.05, 3.63) is 29.0 Å². The lowest BCUT2D eigenvalue weighted by molar-refractivity contribution is 0.472. The second kappa shape index (κ2) is 3.52. The summed E-state index contributed by atoms with van der Waals surface area (Å²) in [7, 11) is 0. The summed E-state index contributed by atoms with van der Waals surface area (Å²) < 4.78 is 12.7. The minimum absolute atomic E-state index is 0.303. The average molecular weight is 201 g/mol. The van der Waals surface area contributed by atoms with Crippen molar-refractivity contribution >= 4 is 17.3 Å². The van der Waals surface area contributed by atoms with E-state index in [9.17, 15) is 4.39 Å². The van der Waals surface area contributed by atoms with Gasteiger partial charge in [-0.25, -0.2) is 4.39 Å². The van der Waals surface area contributed by atoms with Gasteiger partial charge in [-0.05, 0) is 18.2 Å². The third kappa shape index (κ3) is 1.92. The van der Waals surface area contributed by atoms with Crippen molar-refractivity contribution in [2.75, 3.05) is 18.4 Å². The Balaban J connectivity index is 2.10. The fourth-order valence-corrected chi connectivity index (χ4v) is 1.44. The van der Waals surface area contributed by atoms with Gasteiger partial charge in [0.1, 0.15) is 5.82 Å². The van der Waals surface area contributed by atoms with Crippen LogP contribution in [0.3, 0.4) is 0 Å². The molecule has 1 aliphatic rings. The Morgan fingerprint density at radius 1 is 1.46 bits per heavy atom. The number of benzene rings is 1. The first-order chi connectivity index (χ1) is 6.25. The first-order valence-electron chi connectivity index (χ1n) is 4.18. The number of rotatable bonds is 2. The molecule has 4 heteroatoms. The standard InChI is InChI=1S/C9H10ClFN2/c10-8-3-6(11)1-2-9(8)13-7-4-12-5-7/h1-3,7,12-13H,4-5H2. The molecule has 2 rings (SSSR count). The second-order valence-corrected chi connectivity index (χ2v) is 3.53. The summed E-state index contributed by atoms with van der Waals surface area (Å²) >= 11 is 5.83. The zero-order valence-corrected chi connectivity index (χ0v) is 7.74. The van der Waals surface area contributed by atoms with Crippen molar-refractivity contribution in [3.8, 4) is 0 Å². The Morgan fingerprint density at radius 2 is 2.23 bits per heavy atom. The monoisotopic (exact) mass is 200 g/mol. The molecule has 1 aliphatic heterocycles. The Bertz CT molecular complexity index is 312. The molecule has 0 aliphatic carbocycles. The van der Waals surface area contributed by atoms with Gasteiger partial charge in [-0.1, -0.05) is 11.6 Å². The van der Waals surface area contributed by atoms with Gasteiger partial charge in [0, 0.05) is 13.1 Å². The highest BCUT2D eigenvalue weighted by Gasteiger charge is 2.16. The summed E-state index contributed by atoms with van der Waals surface area (Å²) in [6.45, 7) is 1.88. The van der Waals surface area contributed by atoms with E-state index in [-0.39, 0.29) is 5.82 Å². The predicted octanol–water partition coefficient (Wildman–Crippen LogP) is 1.86. The Morgan fingerprint density at radius 3 is 2.77 bits per heavy atom. The van der Waals surface area contributed by atoms with Gasteiger partial charge >= 0.3 is 0 Å². The average Bonchev–Trinajstić information content (AvgIpc) is 1.99. The van der Waals surface area contributed by atoms with Crippen molar-refractivity contribution in [3.63, 3.8) is 0 Å². The molecule has 0 saturated carbocycles. The van der Waals surface area contributed by atoms with E-state index in [1.807, 2.05) is 0 Å². The maximum absolute atomic E-state index is 12.7. The molecule has 2 N–H and O–H groups in total. The van der Waals surface area contributed by atoms with Gasteiger partial charge in [0.2, 0.25) is 0 Å². The van der Waals surface area contributed by atoms with E-state index in [1.54, 1.807) is 6.07 Å². The Labute approximate surface area is 81.1 Å². The molecule has 1 fully saturated rings. The van der Waals surface area contributed by atoms with Crippen LogP contribution in [-0.2, 0) is 0 Å². The summed E-state index contributed by atoms with van der Waals surface area (Å²) in [6, 6.07) is 4.80. The zero-order chi connectivity index (χ0) is 9.26. The predicted molar refractivity (Wildman–Crippen MR) is 51.7 cm³/mol. The lowest BCUT2D eigenvalue weighted by Gasteiger charge is -2.29. The fraction of sp³-hybridized carbons (Fsp3) is 0.333. The molecule has 0 unspecified atom stereocenters. The second-order valence-electron chi connectivity index (χ2n) is 3.12. The number of nitrogens with one attached hydrogen (secondary N) is 2. The van der Waals surface area contributed by atoms with Crippen molar-refractivity contribution < 1.29 is 4.39 Å². The molecule has 1 aromatic carbocycles. The molecular formula is C9H10ClFN2. The lowest BCUT2D eigenvalue weighted by Crippen LogP contribution is -2.51. The molecule has 0 radical (unpaired) electrons. The van der Waals surface area contributed by atoms with Gasteiger partial charge < -0.3 is 10.6 Å². The van der Waals surface area contributed by atoms with E-state index >= 15 is 0 Å². The molecule has 0 bridgehead atoms. The SMILES string of the molecule is Fc1ccc(NC2CNC2)c(Cl)c1. The summed E-state index contributed by atoms with van der Waals surface area (Å²) in [4.78, 5) is 0. The summed E-state index contributed by atoms with van der Waals surface area (Å²) in [5.74, 6) is -0.303. The van der Waals surface area contributed by atoms with E-state index in [0.717, 1.165) is 18.8 Å². The Hall–Kier alpha value is -0.800. The molecular weight excluding hydrogens is 191 g/mol. The molecule has 1 heterocycles. The summed E-state index contributed by atoms with van der Waals surface area (Å²) in [6.07, 6.45) is 0. The highest BCUT2D eigenvalue weighted by molar-refractivity contribution is 6.33. The van der Waals surface area contributed by atoms with Gasteiger partial charge in [-0.15, -0.1) is 0 Å². The van der Waals surface area contributed by atoms with Crippen molar-refractivity contribution in [1.29, 1.82) is 0 Å². The first kappa shape index (κ1) is 8.78. The van der Waals surface area contributed by atoms with Crippen LogP contribution in [0.1, 0.15) is 0 Å². The van der Waals surface area contributed by atoms with Crippen molar-refractivity contribution in [2.45, 2.75) is 6.04 Å². The maximum Gasteiger partial charge on any atom is 0.124 e. The van der Waals surface area contributed by atoms with Crippen LogP contribution in [0.4, 0.5) is 10.1 Å². The number of halogens is 2. The van der Waals surface area contributed by atoms with Crippen LogP contribution in [0.25, 0.3) is 0 Å². The minimum atomic E-state index is -0.303. The van der Waals surface area contributed by atoms with E-state index < -0.39 is 0 Å². The molecule has 0 amide bonds. The van der Waals surface area contributed by atoms with Crippen LogP contribution in [0.5, 0.6) is 0 Å². The van der Waals surface area contributed by atoms with E-state index in [4.69, 9.17) is 11.6 Å². The third-order valence-corrected chi connectivity index (χ3v) is 2.38. The highest BCUT2D eigenvalue weighted by Crippen LogP contribution is 2.23. The van der Waals surface area contributed by atoms with Crippen LogP contribution < -0.4 is 10.6 Å². The summed E-state index contributed by atoms with van der Waals surface area (Å²) in [5.41, 5.74) is 0.801. The molecule has 2 nitrogen and oxygen atoms in total. The first-order valence-corrected chi connectivity index (χ1v) is 4.56. The smallest absolute Gasteiger partial charge is 0.124 e. The van der Waals surface area contributed by atoms with Crippen LogP contribution in [-0.4, -0.2) is 19.1 Å². The molecule has 13 heavy (non-hydrogen) atoms. The minimum Gasteiger partial charge on any atom is -0.379 e. The highest BCUT2D eigenvalue weighted by atomic mass is 35.5. The van der Waals surface area contributed by atoms with E-state index in [1.165, 1.54) is 12.1 Å². The molecule has 0 atom stereocenters. The Kier molecular flexibility index (Phi) is 2.38. The van der Waals surface area contributed by atoms with Gasteiger partial charge in [0.15, 0.2) is 0 Å². The fourth-order valence-electron chi connectivity index (χ4n) is 1.22. The summed E-state index contributed by atoms with van der Waals surface area (Å²) in [5, 5.41) is 6.78.